The summed E-state index contributed by atoms with van der Waals surface area (Å²) < 4.78 is 10.7. The zero-order valence-electron chi connectivity index (χ0n) is 18.7. The van der Waals surface area contributed by atoms with Crippen LogP contribution in [0, 0.1) is 5.92 Å². The van der Waals surface area contributed by atoms with E-state index in [0.29, 0.717) is 28.8 Å². The molecule has 2 aromatic rings. The van der Waals surface area contributed by atoms with E-state index in [0.717, 1.165) is 25.7 Å². The summed E-state index contributed by atoms with van der Waals surface area (Å²) in [6.45, 7) is 7.64. The third-order valence-corrected chi connectivity index (χ3v) is 5.32. The van der Waals surface area contributed by atoms with Crippen molar-refractivity contribution in [3.05, 3.63) is 18.1 Å². The minimum absolute atomic E-state index is 0.00581. The Morgan fingerprint density at radius 2 is 2.03 bits per heavy atom. The number of pyridine rings is 1. The first-order valence-corrected chi connectivity index (χ1v) is 10.9. The van der Waals surface area contributed by atoms with E-state index >= 15 is 0 Å². The highest BCUT2D eigenvalue weighted by atomic mass is 16.6. The van der Waals surface area contributed by atoms with Crippen LogP contribution in [0.4, 0.5) is 5.69 Å². The fourth-order valence-electron chi connectivity index (χ4n) is 4.08. The van der Waals surface area contributed by atoms with Crippen molar-refractivity contribution in [1.82, 2.24) is 15.0 Å². The molecule has 31 heavy (non-hydrogen) atoms. The Kier molecular flexibility index (Phi) is 7.15. The lowest BCUT2D eigenvalue weighted by Gasteiger charge is -2.25. The van der Waals surface area contributed by atoms with Gasteiger partial charge in [0.15, 0.2) is 5.65 Å². The molecule has 1 aliphatic carbocycles. The molecule has 9 nitrogen and oxygen atoms in total. The van der Waals surface area contributed by atoms with Gasteiger partial charge in [0.1, 0.15) is 16.7 Å². The van der Waals surface area contributed by atoms with Gasteiger partial charge in [-0.1, -0.05) is 0 Å². The lowest BCUT2D eigenvalue weighted by molar-refractivity contribution is -0.156. The Hall–Kier alpha value is -2.68. The van der Waals surface area contributed by atoms with Gasteiger partial charge >= 0.3 is 11.9 Å². The van der Waals surface area contributed by atoms with E-state index in [2.05, 4.69) is 20.3 Å². The number of esters is 2. The SMILES string of the molecule is CCOC(=O)c1cnc2nc[nH]c2c1N[C@H]1C[C@@H](N)CC[C@@H](CC(=O)OC(C)(C)C)C1. The molecule has 1 saturated carbocycles. The van der Waals surface area contributed by atoms with E-state index in [1.807, 2.05) is 20.8 Å². The Bertz CT molecular complexity index is 920. The van der Waals surface area contributed by atoms with Crippen LogP contribution in [-0.2, 0) is 14.3 Å². The normalized spacial score (nSPS) is 22.0. The van der Waals surface area contributed by atoms with Crippen LogP contribution in [0.1, 0.15) is 70.2 Å². The molecule has 3 rings (SSSR count). The number of imidazole rings is 1. The van der Waals surface area contributed by atoms with Gasteiger partial charge in [0.25, 0.3) is 0 Å². The fourth-order valence-corrected chi connectivity index (χ4v) is 4.08. The average Bonchev–Trinajstić information content (AvgIpc) is 3.07. The molecule has 0 aliphatic heterocycles. The second-order valence-electron chi connectivity index (χ2n) is 9.18. The summed E-state index contributed by atoms with van der Waals surface area (Å²) >= 11 is 0. The number of carbonyl (C=O) groups is 2. The maximum Gasteiger partial charge on any atom is 0.341 e. The molecule has 2 heterocycles. The third-order valence-electron chi connectivity index (χ3n) is 5.32. The maximum absolute atomic E-state index is 12.5. The van der Waals surface area contributed by atoms with Crippen molar-refractivity contribution in [3.8, 4) is 0 Å². The highest BCUT2D eigenvalue weighted by Gasteiger charge is 2.29. The van der Waals surface area contributed by atoms with Crippen LogP contribution in [0.25, 0.3) is 11.2 Å². The first-order chi connectivity index (χ1) is 14.7. The number of H-pyrrole nitrogens is 1. The predicted molar refractivity (Wildman–Crippen MR) is 118 cm³/mol. The minimum atomic E-state index is -0.506. The Labute approximate surface area is 182 Å². The summed E-state index contributed by atoms with van der Waals surface area (Å²) in [5.41, 5.74) is 7.94. The van der Waals surface area contributed by atoms with Gasteiger partial charge in [-0.3, -0.25) is 4.79 Å². The van der Waals surface area contributed by atoms with Crippen LogP contribution < -0.4 is 11.1 Å². The number of carbonyl (C=O) groups excluding carboxylic acids is 2. The van der Waals surface area contributed by atoms with Gasteiger partial charge in [0.2, 0.25) is 0 Å². The number of anilines is 1. The number of nitrogens with one attached hydrogen (secondary N) is 2. The smallest absolute Gasteiger partial charge is 0.341 e. The molecular formula is C22H33N5O4. The molecule has 1 fully saturated rings. The zero-order valence-corrected chi connectivity index (χ0v) is 18.7. The van der Waals surface area contributed by atoms with Crippen molar-refractivity contribution in [2.24, 2.45) is 11.7 Å². The Balaban J connectivity index is 1.82. The molecule has 1 aliphatic rings. The molecule has 0 bridgehead atoms. The molecule has 0 amide bonds. The van der Waals surface area contributed by atoms with Crippen LogP contribution in [-0.4, -0.2) is 51.2 Å². The first-order valence-electron chi connectivity index (χ1n) is 10.9. The maximum atomic E-state index is 12.5. The van der Waals surface area contributed by atoms with Crippen LogP contribution in [0.15, 0.2) is 12.5 Å². The lowest BCUT2D eigenvalue weighted by atomic mass is 9.94. The van der Waals surface area contributed by atoms with Crippen LogP contribution >= 0.6 is 0 Å². The number of fused-ring (bicyclic) bond motifs is 1. The van der Waals surface area contributed by atoms with E-state index in [4.69, 9.17) is 15.2 Å². The van der Waals surface area contributed by atoms with Gasteiger partial charge in [-0.25, -0.2) is 14.8 Å². The summed E-state index contributed by atoms with van der Waals surface area (Å²) in [6.07, 6.45) is 6.55. The summed E-state index contributed by atoms with van der Waals surface area (Å²) in [7, 11) is 0. The van der Waals surface area contributed by atoms with Crippen LogP contribution in [0.5, 0.6) is 0 Å². The topological polar surface area (TPSA) is 132 Å². The molecule has 2 aromatic heterocycles. The lowest BCUT2D eigenvalue weighted by Crippen LogP contribution is -2.30. The van der Waals surface area contributed by atoms with Crippen molar-refractivity contribution in [2.45, 2.75) is 77.5 Å². The first kappa shape index (κ1) is 23.0. The van der Waals surface area contributed by atoms with Crippen molar-refractivity contribution in [1.29, 1.82) is 0 Å². The number of hydrogen-bond acceptors (Lipinski definition) is 8. The van der Waals surface area contributed by atoms with E-state index in [1.165, 1.54) is 6.20 Å². The summed E-state index contributed by atoms with van der Waals surface area (Å²) in [4.78, 5) is 36.4. The number of nitrogens with two attached hydrogens (primary N) is 1. The van der Waals surface area contributed by atoms with Crippen molar-refractivity contribution in [3.63, 3.8) is 0 Å². The molecule has 170 valence electrons. The molecule has 0 unspecified atom stereocenters. The quantitative estimate of drug-likeness (QED) is 0.469. The Morgan fingerprint density at radius 3 is 2.74 bits per heavy atom. The molecule has 0 aromatic carbocycles. The number of aromatic nitrogens is 3. The number of hydrogen-bond donors (Lipinski definition) is 3. The van der Waals surface area contributed by atoms with Crippen molar-refractivity contribution in [2.75, 3.05) is 11.9 Å². The molecule has 0 saturated heterocycles. The van der Waals surface area contributed by atoms with Gasteiger partial charge in [-0.2, -0.15) is 0 Å². The van der Waals surface area contributed by atoms with E-state index in [9.17, 15) is 9.59 Å². The van der Waals surface area contributed by atoms with Gasteiger partial charge in [0, 0.05) is 24.7 Å². The minimum Gasteiger partial charge on any atom is -0.462 e. The molecular weight excluding hydrogens is 398 g/mol. The monoisotopic (exact) mass is 431 g/mol. The number of ether oxygens (including phenoxy) is 2. The van der Waals surface area contributed by atoms with E-state index in [1.54, 1.807) is 13.3 Å². The average molecular weight is 432 g/mol. The van der Waals surface area contributed by atoms with E-state index in [-0.39, 0.29) is 30.6 Å². The second-order valence-corrected chi connectivity index (χ2v) is 9.18. The van der Waals surface area contributed by atoms with Crippen LogP contribution in [0.2, 0.25) is 0 Å². The van der Waals surface area contributed by atoms with E-state index < -0.39 is 11.6 Å². The fraction of sp³-hybridized carbons (Fsp3) is 0.636. The Morgan fingerprint density at radius 1 is 1.26 bits per heavy atom. The van der Waals surface area contributed by atoms with Crippen LogP contribution in [0.3, 0.4) is 0 Å². The third kappa shape index (κ3) is 6.16. The second kappa shape index (κ2) is 9.64. The largest absolute Gasteiger partial charge is 0.462 e. The summed E-state index contributed by atoms with van der Waals surface area (Å²) in [5.74, 6) is -0.498. The zero-order chi connectivity index (χ0) is 22.6. The molecule has 0 spiro atoms. The standard InChI is InChI=1S/C22H33N5O4/c1-5-30-21(29)16-11-24-20-19(25-12-26-20)18(16)27-15-8-13(6-7-14(23)10-15)9-17(28)31-22(2,3)4/h11-15H,5-10,23H2,1-4H3,(H2,24,25,26,27)/t13-,14+,15-/m1/s1. The molecule has 0 radical (unpaired) electrons. The predicted octanol–water partition coefficient (Wildman–Crippen LogP) is 3.16. The molecule has 9 heteroatoms. The highest BCUT2D eigenvalue weighted by molar-refractivity contribution is 6.02. The number of aromatic amines is 1. The van der Waals surface area contributed by atoms with Gasteiger partial charge < -0.3 is 25.5 Å². The van der Waals surface area contributed by atoms with Gasteiger partial charge in [-0.15, -0.1) is 0 Å². The molecule has 3 atom stereocenters. The van der Waals surface area contributed by atoms with Crippen molar-refractivity contribution < 1.29 is 19.1 Å². The van der Waals surface area contributed by atoms with Gasteiger partial charge in [0.05, 0.1) is 18.6 Å². The summed E-state index contributed by atoms with van der Waals surface area (Å²) in [5, 5.41) is 3.50. The molecule has 4 N–H and O–H groups in total. The number of rotatable bonds is 6. The summed E-state index contributed by atoms with van der Waals surface area (Å²) in [6, 6.07) is -0.0155. The number of nitrogens with zero attached hydrogens (tertiary/aromatic N) is 2. The van der Waals surface area contributed by atoms with Gasteiger partial charge in [-0.05, 0) is 59.3 Å². The highest BCUT2D eigenvalue weighted by Crippen LogP contribution is 2.31. The van der Waals surface area contributed by atoms with Crippen molar-refractivity contribution >= 4 is 28.8 Å².